The Morgan fingerprint density at radius 1 is 1.10 bits per heavy atom. The highest BCUT2D eigenvalue weighted by molar-refractivity contribution is 5.92. The minimum Gasteiger partial charge on any atom is -0.381 e. The van der Waals surface area contributed by atoms with Crippen molar-refractivity contribution in [1.29, 1.82) is 0 Å². The van der Waals surface area contributed by atoms with Crippen molar-refractivity contribution >= 4 is 11.4 Å². The van der Waals surface area contributed by atoms with Crippen LogP contribution < -0.4 is 5.32 Å². The standard InChI is InChI=1S/C23H23N5O2/c29-23(25-14-17-8-12-30-13-9-17)21-7-11-28(26-21)22-6-5-20-4-3-19(16-27(20)22)18-2-1-10-24-15-18/h1-7,10-11,15-17H,8-9,12-14H2,(H,25,29). The zero-order chi connectivity index (χ0) is 20.3. The number of nitrogens with zero attached hydrogens (tertiary/aromatic N) is 4. The van der Waals surface area contributed by atoms with Crippen LogP contribution in [0.25, 0.3) is 22.5 Å². The molecule has 152 valence electrons. The van der Waals surface area contributed by atoms with Crippen molar-refractivity contribution in [3.63, 3.8) is 0 Å². The molecule has 4 aromatic rings. The summed E-state index contributed by atoms with van der Waals surface area (Å²) in [6.45, 7) is 2.21. The zero-order valence-electron chi connectivity index (χ0n) is 16.6. The van der Waals surface area contributed by atoms with E-state index >= 15 is 0 Å². The second kappa shape index (κ2) is 8.12. The van der Waals surface area contributed by atoms with E-state index in [9.17, 15) is 4.79 Å². The molecule has 0 unspecified atom stereocenters. The minimum absolute atomic E-state index is 0.142. The van der Waals surface area contributed by atoms with Gasteiger partial charge in [-0.2, -0.15) is 5.10 Å². The smallest absolute Gasteiger partial charge is 0.271 e. The summed E-state index contributed by atoms with van der Waals surface area (Å²) in [4.78, 5) is 16.7. The van der Waals surface area contributed by atoms with E-state index < -0.39 is 0 Å². The molecule has 7 nitrogen and oxygen atoms in total. The average Bonchev–Trinajstić information content (AvgIpc) is 3.45. The largest absolute Gasteiger partial charge is 0.381 e. The van der Waals surface area contributed by atoms with Crippen LogP contribution in [0.2, 0.25) is 0 Å². The van der Waals surface area contributed by atoms with Crippen molar-refractivity contribution in [3.05, 3.63) is 72.9 Å². The number of carbonyl (C=O) groups excluding carboxylic acids is 1. The summed E-state index contributed by atoms with van der Waals surface area (Å²) >= 11 is 0. The molecule has 1 saturated heterocycles. The molecule has 1 aliphatic rings. The highest BCUT2D eigenvalue weighted by Crippen LogP contribution is 2.22. The van der Waals surface area contributed by atoms with Crippen molar-refractivity contribution in [3.8, 4) is 16.9 Å². The van der Waals surface area contributed by atoms with Crippen LogP contribution in [0.1, 0.15) is 23.3 Å². The summed E-state index contributed by atoms with van der Waals surface area (Å²) in [7, 11) is 0. The Balaban J connectivity index is 1.37. The Bertz CT molecular complexity index is 1160. The average molecular weight is 401 g/mol. The van der Waals surface area contributed by atoms with Crippen molar-refractivity contribution in [2.75, 3.05) is 19.8 Å². The fraction of sp³-hybridized carbons (Fsp3) is 0.261. The maximum atomic E-state index is 12.5. The topological polar surface area (TPSA) is 73.5 Å². The second-order valence-corrected chi connectivity index (χ2v) is 7.56. The molecular weight excluding hydrogens is 378 g/mol. The van der Waals surface area contributed by atoms with Crippen LogP contribution in [-0.4, -0.2) is 44.8 Å². The predicted molar refractivity (Wildman–Crippen MR) is 114 cm³/mol. The van der Waals surface area contributed by atoms with E-state index in [1.54, 1.807) is 16.9 Å². The molecule has 1 fully saturated rings. The lowest BCUT2D eigenvalue weighted by molar-refractivity contribution is 0.0642. The van der Waals surface area contributed by atoms with Gasteiger partial charge < -0.3 is 14.5 Å². The summed E-state index contributed by atoms with van der Waals surface area (Å²) in [6, 6.07) is 13.9. The maximum Gasteiger partial charge on any atom is 0.271 e. The first-order chi connectivity index (χ1) is 14.8. The van der Waals surface area contributed by atoms with Crippen LogP contribution in [0.5, 0.6) is 0 Å². The number of ether oxygens (including phenoxy) is 1. The van der Waals surface area contributed by atoms with Crippen molar-refractivity contribution < 1.29 is 9.53 Å². The van der Waals surface area contributed by atoms with Gasteiger partial charge in [-0.05, 0) is 54.7 Å². The van der Waals surface area contributed by atoms with Crippen molar-refractivity contribution in [2.24, 2.45) is 5.92 Å². The second-order valence-electron chi connectivity index (χ2n) is 7.56. The number of fused-ring (bicyclic) bond motifs is 1. The Morgan fingerprint density at radius 3 is 2.80 bits per heavy atom. The molecule has 1 amide bonds. The van der Waals surface area contributed by atoms with Crippen LogP contribution in [0.15, 0.2) is 67.3 Å². The van der Waals surface area contributed by atoms with Crippen LogP contribution in [0, 0.1) is 5.92 Å². The highest BCUT2D eigenvalue weighted by Gasteiger charge is 2.17. The molecule has 30 heavy (non-hydrogen) atoms. The molecule has 0 radical (unpaired) electrons. The predicted octanol–water partition coefficient (Wildman–Crippen LogP) is 3.34. The highest BCUT2D eigenvalue weighted by atomic mass is 16.5. The van der Waals surface area contributed by atoms with E-state index in [4.69, 9.17) is 4.74 Å². The molecule has 0 aromatic carbocycles. The van der Waals surface area contributed by atoms with Gasteiger partial charge >= 0.3 is 0 Å². The molecule has 5 heterocycles. The van der Waals surface area contributed by atoms with Gasteiger partial charge in [0.05, 0.1) is 0 Å². The third kappa shape index (κ3) is 3.71. The van der Waals surface area contributed by atoms with Crippen LogP contribution in [-0.2, 0) is 4.74 Å². The van der Waals surface area contributed by atoms with Gasteiger partial charge in [0.15, 0.2) is 5.69 Å². The minimum atomic E-state index is -0.142. The fourth-order valence-electron chi connectivity index (χ4n) is 3.83. The van der Waals surface area contributed by atoms with E-state index in [1.807, 2.05) is 36.7 Å². The van der Waals surface area contributed by atoms with E-state index in [0.29, 0.717) is 18.2 Å². The number of hydrogen-bond acceptors (Lipinski definition) is 4. The monoisotopic (exact) mass is 401 g/mol. The van der Waals surface area contributed by atoms with E-state index in [-0.39, 0.29) is 5.91 Å². The Morgan fingerprint density at radius 2 is 1.97 bits per heavy atom. The fourth-order valence-corrected chi connectivity index (χ4v) is 3.83. The number of amides is 1. The normalized spacial score (nSPS) is 14.8. The van der Waals surface area contributed by atoms with Gasteiger partial charge in [0, 0.05) is 55.6 Å². The molecule has 1 aliphatic heterocycles. The van der Waals surface area contributed by atoms with Gasteiger partial charge in [-0.3, -0.25) is 9.78 Å². The van der Waals surface area contributed by atoms with E-state index in [2.05, 4.69) is 38.1 Å². The lowest BCUT2D eigenvalue weighted by Crippen LogP contribution is -2.32. The first-order valence-corrected chi connectivity index (χ1v) is 10.2. The molecule has 7 heteroatoms. The SMILES string of the molecule is O=C(NCC1CCOCC1)c1ccn(-c2ccc3ccc(-c4cccnc4)cn23)n1. The molecular formula is C23H23N5O2. The van der Waals surface area contributed by atoms with Crippen LogP contribution in [0.4, 0.5) is 0 Å². The first-order valence-electron chi connectivity index (χ1n) is 10.2. The molecule has 0 saturated carbocycles. The third-order valence-corrected chi connectivity index (χ3v) is 5.57. The van der Waals surface area contributed by atoms with Gasteiger partial charge in [-0.25, -0.2) is 4.68 Å². The summed E-state index contributed by atoms with van der Waals surface area (Å²) in [6.07, 6.45) is 9.48. The Hall–Kier alpha value is -3.45. The lowest BCUT2D eigenvalue weighted by atomic mass is 10.0. The Kier molecular flexibility index (Phi) is 5.03. The van der Waals surface area contributed by atoms with Gasteiger partial charge in [0.25, 0.3) is 5.91 Å². The molecule has 0 spiro atoms. The molecule has 4 aromatic heterocycles. The van der Waals surface area contributed by atoms with E-state index in [1.165, 1.54) is 0 Å². The van der Waals surface area contributed by atoms with Gasteiger partial charge in [-0.15, -0.1) is 0 Å². The summed E-state index contributed by atoms with van der Waals surface area (Å²) < 4.78 is 9.18. The molecule has 5 rings (SSSR count). The number of nitrogens with one attached hydrogen (secondary N) is 1. The van der Waals surface area contributed by atoms with Crippen LogP contribution >= 0.6 is 0 Å². The van der Waals surface area contributed by atoms with Gasteiger partial charge in [0.1, 0.15) is 5.82 Å². The number of hydrogen-bond donors (Lipinski definition) is 1. The Labute approximate surface area is 174 Å². The molecule has 0 atom stereocenters. The summed E-state index contributed by atoms with van der Waals surface area (Å²) in [5.74, 6) is 1.21. The zero-order valence-corrected chi connectivity index (χ0v) is 16.6. The van der Waals surface area contributed by atoms with Crippen molar-refractivity contribution in [1.82, 2.24) is 24.5 Å². The molecule has 0 aliphatic carbocycles. The lowest BCUT2D eigenvalue weighted by Gasteiger charge is -2.21. The number of pyridine rings is 2. The van der Waals surface area contributed by atoms with Crippen LogP contribution in [0.3, 0.4) is 0 Å². The van der Waals surface area contributed by atoms with Gasteiger partial charge in [-0.1, -0.05) is 12.1 Å². The summed E-state index contributed by atoms with van der Waals surface area (Å²) in [5, 5.41) is 7.53. The molecule has 0 bridgehead atoms. The third-order valence-electron chi connectivity index (χ3n) is 5.57. The van der Waals surface area contributed by atoms with Gasteiger partial charge in [0.2, 0.25) is 0 Å². The van der Waals surface area contributed by atoms with Crippen molar-refractivity contribution in [2.45, 2.75) is 12.8 Å². The maximum absolute atomic E-state index is 12.5. The first kappa shape index (κ1) is 18.6. The number of aromatic nitrogens is 4. The summed E-state index contributed by atoms with van der Waals surface area (Å²) in [5.41, 5.74) is 3.58. The number of carbonyl (C=O) groups is 1. The quantitative estimate of drug-likeness (QED) is 0.557. The number of rotatable bonds is 5. The molecule has 1 N–H and O–H groups in total. The van der Waals surface area contributed by atoms with E-state index in [0.717, 1.165) is 48.5 Å².